The van der Waals surface area contributed by atoms with Crippen molar-refractivity contribution in [3.8, 4) is 0 Å². The molecule has 1 unspecified atom stereocenters. The number of ether oxygens (including phenoxy) is 1. The molecule has 2 aromatic carbocycles. The SMILES string of the molecule is C=CC1CCC(c2ccc(C(OCC)c3ccccc3F)cc2)CC1. The summed E-state index contributed by atoms with van der Waals surface area (Å²) in [7, 11) is 0. The van der Waals surface area contributed by atoms with Gasteiger partial charge in [0.25, 0.3) is 0 Å². The summed E-state index contributed by atoms with van der Waals surface area (Å²) in [4.78, 5) is 0. The number of hydrogen-bond acceptors (Lipinski definition) is 1. The van der Waals surface area contributed by atoms with Crippen LogP contribution in [0.3, 0.4) is 0 Å². The third kappa shape index (κ3) is 4.19. The molecule has 1 fully saturated rings. The van der Waals surface area contributed by atoms with Crippen molar-refractivity contribution in [3.05, 3.63) is 83.7 Å². The van der Waals surface area contributed by atoms with Crippen LogP contribution in [0.2, 0.25) is 0 Å². The highest BCUT2D eigenvalue weighted by molar-refractivity contribution is 5.34. The first kappa shape index (κ1) is 17.9. The van der Waals surface area contributed by atoms with Gasteiger partial charge in [-0.1, -0.05) is 48.5 Å². The van der Waals surface area contributed by atoms with Gasteiger partial charge in [-0.25, -0.2) is 4.39 Å². The summed E-state index contributed by atoms with van der Waals surface area (Å²) < 4.78 is 20.1. The lowest BCUT2D eigenvalue weighted by Crippen LogP contribution is -2.12. The second kappa shape index (κ2) is 8.44. The minimum Gasteiger partial charge on any atom is -0.369 e. The van der Waals surface area contributed by atoms with Crippen LogP contribution in [-0.4, -0.2) is 6.61 Å². The molecule has 0 aliphatic heterocycles. The van der Waals surface area contributed by atoms with Gasteiger partial charge in [-0.2, -0.15) is 0 Å². The number of hydrogen-bond donors (Lipinski definition) is 0. The smallest absolute Gasteiger partial charge is 0.129 e. The van der Waals surface area contributed by atoms with E-state index in [0.717, 1.165) is 5.56 Å². The molecular formula is C23H27FO. The van der Waals surface area contributed by atoms with Gasteiger partial charge in [0, 0.05) is 12.2 Å². The Hall–Kier alpha value is -1.93. The first-order valence-electron chi connectivity index (χ1n) is 9.31. The van der Waals surface area contributed by atoms with Crippen molar-refractivity contribution >= 4 is 0 Å². The van der Waals surface area contributed by atoms with Crippen molar-refractivity contribution in [2.75, 3.05) is 6.61 Å². The van der Waals surface area contributed by atoms with E-state index in [1.165, 1.54) is 37.3 Å². The van der Waals surface area contributed by atoms with Crippen LogP contribution in [0.4, 0.5) is 4.39 Å². The lowest BCUT2D eigenvalue weighted by molar-refractivity contribution is 0.0887. The molecule has 132 valence electrons. The summed E-state index contributed by atoms with van der Waals surface area (Å²) in [5.41, 5.74) is 2.99. The zero-order chi connectivity index (χ0) is 17.6. The lowest BCUT2D eigenvalue weighted by atomic mass is 9.78. The van der Waals surface area contributed by atoms with Gasteiger partial charge in [0.2, 0.25) is 0 Å². The quantitative estimate of drug-likeness (QED) is 0.553. The molecule has 1 aliphatic rings. The van der Waals surface area contributed by atoms with Crippen molar-refractivity contribution in [2.45, 2.75) is 44.6 Å². The molecule has 0 aromatic heterocycles. The molecule has 0 N–H and O–H groups in total. The topological polar surface area (TPSA) is 9.23 Å². The average Bonchev–Trinajstić information content (AvgIpc) is 2.67. The lowest BCUT2D eigenvalue weighted by Gasteiger charge is -2.27. The standard InChI is InChI=1S/C23H27FO/c1-3-17-9-11-18(12-10-17)19-13-15-20(16-14-19)23(25-4-2)21-7-5-6-8-22(21)24/h3,5-8,13-18,23H,1,4,9-12H2,2H3. The van der Waals surface area contributed by atoms with Gasteiger partial charge in [-0.15, -0.1) is 6.58 Å². The summed E-state index contributed by atoms with van der Waals surface area (Å²) in [6.07, 6.45) is 6.65. The Kier molecular flexibility index (Phi) is 6.04. The van der Waals surface area contributed by atoms with Crippen molar-refractivity contribution in [1.29, 1.82) is 0 Å². The number of halogens is 1. The molecule has 2 heteroatoms. The third-order valence-electron chi connectivity index (χ3n) is 5.34. The summed E-state index contributed by atoms with van der Waals surface area (Å²) >= 11 is 0. The van der Waals surface area contributed by atoms with Gasteiger partial charge in [-0.05, 0) is 61.6 Å². The third-order valence-corrected chi connectivity index (χ3v) is 5.34. The van der Waals surface area contributed by atoms with Gasteiger partial charge in [-0.3, -0.25) is 0 Å². The maximum atomic E-state index is 14.2. The number of rotatable bonds is 6. The molecule has 1 atom stereocenters. The minimum absolute atomic E-state index is 0.215. The van der Waals surface area contributed by atoms with E-state index in [-0.39, 0.29) is 11.9 Å². The summed E-state index contributed by atoms with van der Waals surface area (Å²) in [6.45, 7) is 6.41. The fourth-order valence-electron chi connectivity index (χ4n) is 3.85. The largest absolute Gasteiger partial charge is 0.369 e. The molecule has 1 saturated carbocycles. The van der Waals surface area contributed by atoms with Crippen molar-refractivity contribution in [1.82, 2.24) is 0 Å². The highest BCUT2D eigenvalue weighted by Gasteiger charge is 2.22. The summed E-state index contributed by atoms with van der Waals surface area (Å²) in [5, 5.41) is 0. The molecule has 0 heterocycles. The Bertz CT molecular complexity index is 683. The van der Waals surface area contributed by atoms with Gasteiger partial charge in [0.05, 0.1) is 0 Å². The predicted molar refractivity (Wildman–Crippen MR) is 101 cm³/mol. The van der Waals surface area contributed by atoms with E-state index in [0.29, 0.717) is 24.0 Å². The molecule has 3 rings (SSSR count). The van der Waals surface area contributed by atoms with Crippen LogP contribution in [-0.2, 0) is 4.74 Å². The van der Waals surface area contributed by atoms with Gasteiger partial charge >= 0.3 is 0 Å². The van der Waals surface area contributed by atoms with E-state index in [1.807, 2.05) is 13.0 Å². The maximum Gasteiger partial charge on any atom is 0.129 e. The van der Waals surface area contributed by atoms with Crippen LogP contribution in [0.1, 0.15) is 61.3 Å². The van der Waals surface area contributed by atoms with Crippen LogP contribution in [0.25, 0.3) is 0 Å². The zero-order valence-electron chi connectivity index (χ0n) is 15.0. The first-order valence-corrected chi connectivity index (χ1v) is 9.31. The van der Waals surface area contributed by atoms with Crippen molar-refractivity contribution in [2.24, 2.45) is 5.92 Å². The predicted octanol–water partition coefficient (Wildman–Crippen LogP) is 6.41. The van der Waals surface area contributed by atoms with Crippen LogP contribution >= 0.6 is 0 Å². The average molecular weight is 338 g/mol. The fourth-order valence-corrected chi connectivity index (χ4v) is 3.85. The highest BCUT2D eigenvalue weighted by atomic mass is 19.1. The maximum absolute atomic E-state index is 14.2. The molecule has 1 aliphatic carbocycles. The molecule has 0 bridgehead atoms. The van der Waals surface area contributed by atoms with Crippen LogP contribution in [0, 0.1) is 11.7 Å². The number of allylic oxidation sites excluding steroid dienone is 1. The molecule has 2 aromatic rings. The van der Waals surface area contributed by atoms with E-state index in [9.17, 15) is 4.39 Å². The second-order valence-electron chi connectivity index (χ2n) is 6.87. The monoisotopic (exact) mass is 338 g/mol. The van der Waals surface area contributed by atoms with Gasteiger partial charge < -0.3 is 4.74 Å². The molecule has 0 amide bonds. The second-order valence-corrected chi connectivity index (χ2v) is 6.87. The Balaban J connectivity index is 1.78. The first-order chi connectivity index (χ1) is 12.2. The highest BCUT2D eigenvalue weighted by Crippen LogP contribution is 2.37. The van der Waals surface area contributed by atoms with Crippen molar-refractivity contribution < 1.29 is 9.13 Å². The van der Waals surface area contributed by atoms with Crippen LogP contribution in [0.5, 0.6) is 0 Å². The molecule has 0 radical (unpaired) electrons. The van der Waals surface area contributed by atoms with E-state index in [4.69, 9.17) is 4.74 Å². The zero-order valence-corrected chi connectivity index (χ0v) is 15.0. The Morgan fingerprint density at radius 1 is 1.08 bits per heavy atom. The van der Waals surface area contributed by atoms with Gasteiger partial charge in [0.1, 0.15) is 11.9 Å². The molecular weight excluding hydrogens is 311 g/mol. The fraction of sp³-hybridized carbons (Fsp3) is 0.391. The van der Waals surface area contributed by atoms with E-state index < -0.39 is 0 Å². The van der Waals surface area contributed by atoms with Crippen LogP contribution in [0.15, 0.2) is 61.2 Å². The minimum atomic E-state index is -0.350. The Labute approximate surface area is 150 Å². The Morgan fingerprint density at radius 3 is 2.36 bits per heavy atom. The van der Waals surface area contributed by atoms with E-state index >= 15 is 0 Å². The normalized spacial score (nSPS) is 21.7. The molecule has 0 saturated heterocycles. The van der Waals surface area contributed by atoms with Gasteiger partial charge in [0.15, 0.2) is 0 Å². The Morgan fingerprint density at radius 2 is 1.76 bits per heavy atom. The van der Waals surface area contributed by atoms with Crippen LogP contribution < -0.4 is 0 Å². The molecule has 1 nitrogen and oxygen atoms in total. The molecule has 0 spiro atoms. The number of benzene rings is 2. The van der Waals surface area contributed by atoms with E-state index in [1.54, 1.807) is 12.1 Å². The summed E-state index contributed by atoms with van der Waals surface area (Å²) in [5.74, 6) is 1.09. The van der Waals surface area contributed by atoms with E-state index in [2.05, 4.69) is 36.9 Å². The summed E-state index contributed by atoms with van der Waals surface area (Å²) in [6, 6.07) is 15.5. The van der Waals surface area contributed by atoms with Crippen molar-refractivity contribution in [3.63, 3.8) is 0 Å². The molecule has 25 heavy (non-hydrogen) atoms.